The molecule has 2 aliphatic rings. The fraction of sp³-hybridized carbons (Fsp3) is 0.571. The van der Waals surface area contributed by atoms with Gasteiger partial charge in [0.1, 0.15) is 0 Å². The topological polar surface area (TPSA) is 38.0 Å². The molecule has 0 saturated heterocycles. The lowest BCUT2D eigenvalue weighted by atomic mass is 10.1. The number of rotatable bonds is 5. The zero-order valence-electron chi connectivity index (χ0n) is 9.95. The third kappa shape index (κ3) is 2.83. The molecule has 0 radical (unpaired) electrons. The molecule has 0 bridgehead atoms. The molecule has 0 unspecified atom stereocenters. The van der Waals surface area contributed by atoms with Crippen molar-refractivity contribution >= 4 is 21.6 Å². The number of hydrogen-bond donors (Lipinski definition) is 2. The van der Waals surface area contributed by atoms with Gasteiger partial charge in [0.15, 0.2) is 0 Å². The summed E-state index contributed by atoms with van der Waals surface area (Å²) in [5.74, 6) is 1.91. The predicted molar refractivity (Wildman–Crippen MR) is 74.6 cm³/mol. The van der Waals surface area contributed by atoms with Gasteiger partial charge in [0, 0.05) is 22.7 Å². The van der Waals surface area contributed by atoms with Gasteiger partial charge in [-0.2, -0.15) is 0 Å². The van der Waals surface area contributed by atoms with E-state index in [1.165, 1.54) is 31.2 Å². The molecule has 1 aromatic carbocycles. The van der Waals surface area contributed by atoms with Crippen LogP contribution in [0, 0.1) is 11.8 Å². The Hall–Kier alpha value is -0.540. The van der Waals surface area contributed by atoms with Gasteiger partial charge in [-0.15, -0.1) is 0 Å². The zero-order chi connectivity index (χ0) is 11.8. The first-order chi connectivity index (χ1) is 8.24. The number of nitrogen functional groups attached to an aromatic ring is 1. The Morgan fingerprint density at radius 1 is 1.24 bits per heavy atom. The molecule has 0 spiro atoms. The third-order valence-electron chi connectivity index (χ3n) is 3.86. The van der Waals surface area contributed by atoms with Crippen LogP contribution in [-0.4, -0.2) is 6.04 Å². The van der Waals surface area contributed by atoms with E-state index >= 15 is 0 Å². The van der Waals surface area contributed by atoms with Crippen molar-refractivity contribution in [2.75, 3.05) is 5.73 Å². The molecule has 0 heterocycles. The summed E-state index contributed by atoms with van der Waals surface area (Å²) in [6, 6.07) is 7.01. The summed E-state index contributed by atoms with van der Waals surface area (Å²) < 4.78 is 0.988. The molecule has 0 aromatic heterocycles. The van der Waals surface area contributed by atoms with E-state index in [9.17, 15) is 0 Å². The van der Waals surface area contributed by atoms with Crippen LogP contribution in [0.5, 0.6) is 0 Å². The highest BCUT2D eigenvalue weighted by Gasteiger charge is 2.40. The second-order valence-electron chi connectivity index (χ2n) is 5.44. The van der Waals surface area contributed by atoms with Crippen LogP contribution in [0.1, 0.15) is 31.2 Å². The maximum atomic E-state index is 5.90. The van der Waals surface area contributed by atoms with Crippen molar-refractivity contribution in [1.29, 1.82) is 0 Å². The first kappa shape index (κ1) is 11.5. The Balaban J connectivity index is 1.60. The molecule has 3 heteroatoms. The van der Waals surface area contributed by atoms with Crippen molar-refractivity contribution in [2.24, 2.45) is 11.8 Å². The average Bonchev–Trinajstić information content (AvgIpc) is 3.14. The van der Waals surface area contributed by atoms with Gasteiger partial charge in [0.05, 0.1) is 0 Å². The Bertz CT molecular complexity index is 399. The molecule has 3 rings (SSSR count). The van der Waals surface area contributed by atoms with E-state index in [0.717, 1.165) is 34.6 Å². The van der Waals surface area contributed by atoms with E-state index in [-0.39, 0.29) is 0 Å². The van der Waals surface area contributed by atoms with Crippen molar-refractivity contribution in [3.05, 3.63) is 28.2 Å². The van der Waals surface area contributed by atoms with Crippen LogP contribution in [0.3, 0.4) is 0 Å². The van der Waals surface area contributed by atoms with E-state index < -0.39 is 0 Å². The SMILES string of the molecule is Nc1cc(CNC(C2CC2)C2CC2)ccc1Br. The average molecular weight is 295 g/mol. The minimum Gasteiger partial charge on any atom is -0.398 e. The van der Waals surface area contributed by atoms with Gasteiger partial charge < -0.3 is 11.1 Å². The smallest absolute Gasteiger partial charge is 0.0461 e. The second-order valence-corrected chi connectivity index (χ2v) is 6.29. The standard InChI is InChI=1S/C14H19BrN2/c15-12-6-1-9(7-13(12)16)8-17-14(10-2-3-10)11-4-5-11/h1,6-7,10-11,14,17H,2-5,8,16H2. The number of anilines is 1. The highest BCUT2D eigenvalue weighted by Crippen LogP contribution is 2.44. The van der Waals surface area contributed by atoms with Gasteiger partial charge in [0.2, 0.25) is 0 Å². The highest BCUT2D eigenvalue weighted by atomic mass is 79.9. The Labute approximate surface area is 111 Å². The number of halogens is 1. The molecule has 3 N–H and O–H groups in total. The fourth-order valence-electron chi connectivity index (χ4n) is 2.57. The Morgan fingerprint density at radius 2 is 1.88 bits per heavy atom. The molecule has 0 amide bonds. The second kappa shape index (κ2) is 4.62. The van der Waals surface area contributed by atoms with Crippen molar-refractivity contribution in [2.45, 2.75) is 38.3 Å². The van der Waals surface area contributed by atoms with Crippen molar-refractivity contribution < 1.29 is 0 Å². The van der Waals surface area contributed by atoms with Crippen LogP contribution in [0.25, 0.3) is 0 Å². The molecule has 1 aromatic rings. The lowest BCUT2D eigenvalue weighted by molar-refractivity contribution is 0.416. The molecule has 0 aliphatic heterocycles. The molecule has 2 fully saturated rings. The minimum atomic E-state index is 0.764. The number of nitrogens with one attached hydrogen (secondary N) is 1. The van der Waals surface area contributed by atoms with Gasteiger partial charge in [0.25, 0.3) is 0 Å². The summed E-state index contributed by atoms with van der Waals surface area (Å²) in [4.78, 5) is 0. The zero-order valence-corrected chi connectivity index (χ0v) is 11.5. The lowest BCUT2D eigenvalue weighted by Crippen LogP contribution is -2.32. The summed E-state index contributed by atoms with van der Waals surface area (Å²) >= 11 is 3.43. The molecular formula is C14H19BrN2. The van der Waals surface area contributed by atoms with Gasteiger partial charge in [-0.3, -0.25) is 0 Å². The summed E-state index contributed by atoms with van der Waals surface area (Å²) in [5.41, 5.74) is 8.02. The minimum absolute atomic E-state index is 0.764. The summed E-state index contributed by atoms with van der Waals surface area (Å²) in [7, 11) is 0. The molecule has 2 nitrogen and oxygen atoms in total. The number of hydrogen-bond acceptors (Lipinski definition) is 2. The highest BCUT2D eigenvalue weighted by molar-refractivity contribution is 9.10. The van der Waals surface area contributed by atoms with Gasteiger partial charge >= 0.3 is 0 Å². The van der Waals surface area contributed by atoms with Crippen LogP contribution in [0.4, 0.5) is 5.69 Å². The van der Waals surface area contributed by atoms with Crippen molar-refractivity contribution in [3.63, 3.8) is 0 Å². The summed E-state index contributed by atoms with van der Waals surface area (Å²) in [6.07, 6.45) is 5.71. The monoisotopic (exact) mass is 294 g/mol. The Morgan fingerprint density at radius 3 is 2.41 bits per heavy atom. The Kier molecular flexibility index (Phi) is 3.14. The van der Waals surface area contributed by atoms with Gasteiger partial charge in [-0.1, -0.05) is 6.07 Å². The fourth-order valence-corrected chi connectivity index (χ4v) is 2.81. The number of benzene rings is 1. The van der Waals surface area contributed by atoms with Gasteiger partial charge in [-0.25, -0.2) is 0 Å². The van der Waals surface area contributed by atoms with Crippen LogP contribution in [0.2, 0.25) is 0 Å². The first-order valence-corrected chi connectivity index (χ1v) is 7.30. The molecular weight excluding hydrogens is 276 g/mol. The van der Waals surface area contributed by atoms with Crippen LogP contribution in [-0.2, 0) is 6.54 Å². The van der Waals surface area contributed by atoms with Crippen molar-refractivity contribution in [3.8, 4) is 0 Å². The van der Waals surface area contributed by atoms with Crippen LogP contribution in [0.15, 0.2) is 22.7 Å². The van der Waals surface area contributed by atoms with Crippen LogP contribution < -0.4 is 11.1 Å². The maximum absolute atomic E-state index is 5.90. The lowest BCUT2D eigenvalue weighted by Gasteiger charge is -2.17. The predicted octanol–water partition coefficient (Wildman–Crippen LogP) is 3.31. The first-order valence-electron chi connectivity index (χ1n) is 6.51. The van der Waals surface area contributed by atoms with E-state index in [0.29, 0.717) is 0 Å². The van der Waals surface area contributed by atoms with E-state index in [1.807, 2.05) is 6.07 Å². The number of nitrogens with two attached hydrogens (primary N) is 1. The molecule has 2 saturated carbocycles. The van der Waals surface area contributed by atoms with E-state index in [4.69, 9.17) is 5.73 Å². The van der Waals surface area contributed by atoms with Crippen LogP contribution >= 0.6 is 15.9 Å². The molecule has 92 valence electrons. The summed E-state index contributed by atoms with van der Waals surface area (Å²) in [6.45, 7) is 0.954. The normalized spacial score (nSPS) is 19.9. The third-order valence-corrected chi connectivity index (χ3v) is 4.58. The molecule has 17 heavy (non-hydrogen) atoms. The van der Waals surface area contributed by atoms with E-state index in [2.05, 4.69) is 33.4 Å². The summed E-state index contributed by atoms with van der Waals surface area (Å²) in [5, 5.41) is 3.74. The van der Waals surface area contributed by atoms with Gasteiger partial charge in [-0.05, 0) is 71.1 Å². The quantitative estimate of drug-likeness (QED) is 0.818. The largest absolute Gasteiger partial charge is 0.398 e. The molecule has 2 aliphatic carbocycles. The maximum Gasteiger partial charge on any atom is 0.0461 e. The molecule has 0 atom stereocenters. The van der Waals surface area contributed by atoms with E-state index in [1.54, 1.807) is 0 Å². The van der Waals surface area contributed by atoms with Crippen molar-refractivity contribution in [1.82, 2.24) is 5.32 Å².